The van der Waals surface area contributed by atoms with Crippen molar-refractivity contribution in [3.63, 3.8) is 0 Å². The lowest BCUT2D eigenvalue weighted by Gasteiger charge is -2.26. The molecule has 186 valence electrons. The number of ether oxygens (including phenoxy) is 2. The van der Waals surface area contributed by atoms with Crippen molar-refractivity contribution in [2.75, 3.05) is 13.2 Å². The van der Waals surface area contributed by atoms with Crippen LogP contribution in [0.25, 0.3) is 0 Å². The molecule has 1 fully saturated rings. The topological polar surface area (TPSA) is 61.8 Å². The van der Waals surface area contributed by atoms with Crippen molar-refractivity contribution in [2.24, 2.45) is 0 Å². The smallest absolute Gasteiger partial charge is 0.306 e. The monoisotopic (exact) mass is 452 g/mol. The molecule has 0 aromatic heterocycles. The van der Waals surface area contributed by atoms with Crippen molar-refractivity contribution in [3.8, 4) is 0 Å². The summed E-state index contributed by atoms with van der Waals surface area (Å²) in [6.45, 7) is 2.65. The number of carbonyl (C=O) groups excluding carboxylic acids is 2. The molecule has 0 radical (unpaired) electrons. The van der Waals surface area contributed by atoms with Crippen LogP contribution in [0.2, 0.25) is 0 Å². The van der Waals surface area contributed by atoms with Gasteiger partial charge in [-0.25, -0.2) is 0 Å². The molecule has 1 aliphatic rings. The largest absolute Gasteiger partial charge is 0.461 e. The van der Waals surface area contributed by atoms with Crippen LogP contribution in [0.15, 0.2) is 0 Å². The van der Waals surface area contributed by atoms with Crippen LogP contribution < -0.4 is 0 Å². The lowest BCUT2D eigenvalue weighted by atomic mass is 10.0. The first-order valence-electron chi connectivity index (χ1n) is 13.5. The highest BCUT2D eigenvalue weighted by Gasteiger charge is 2.41. The summed E-state index contributed by atoms with van der Waals surface area (Å²) < 4.78 is 15.8. The second-order valence-corrected chi connectivity index (χ2v) is 9.66. The molecule has 1 atom stereocenters. The highest BCUT2D eigenvalue weighted by atomic mass is 16.6. The van der Waals surface area contributed by atoms with Gasteiger partial charge in [-0.15, -0.1) is 0 Å². The molecule has 1 rings (SSSR count). The first-order valence-corrected chi connectivity index (χ1v) is 13.5. The second kappa shape index (κ2) is 19.4. The summed E-state index contributed by atoms with van der Waals surface area (Å²) in [5, 5.41) is 0. The number of hydrogen-bond acceptors (Lipinski definition) is 5. The molecule has 1 heterocycles. The van der Waals surface area contributed by atoms with E-state index in [1.807, 2.05) is 0 Å². The Balaban J connectivity index is 1.84. The van der Waals surface area contributed by atoms with Crippen LogP contribution in [-0.4, -0.2) is 38.8 Å². The van der Waals surface area contributed by atoms with Crippen LogP contribution >= 0.6 is 0 Å². The van der Waals surface area contributed by atoms with E-state index in [0.29, 0.717) is 19.3 Å². The van der Waals surface area contributed by atoms with Crippen molar-refractivity contribution >= 4 is 20.0 Å². The highest BCUT2D eigenvalue weighted by Crippen LogP contribution is 2.27. The third kappa shape index (κ3) is 14.9. The van der Waals surface area contributed by atoms with E-state index in [0.717, 1.165) is 12.8 Å². The Morgan fingerprint density at radius 3 is 1.69 bits per heavy atom. The van der Waals surface area contributed by atoms with E-state index in [2.05, 4.69) is 6.92 Å². The third-order valence-corrected chi connectivity index (χ3v) is 6.50. The van der Waals surface area contributed by atoms with Gasteiger partial charge in [0.05, 0.1) is 6.61 Å². The Morgan fingerprint density at radius 2 is 1.28 bits per heavy atom. The van der Waals surface area contributed by atoms with Gasteiger partial charge >= 0.3 is 11.9 Å². The maximum absolute atomic E-state index is 12.0. The zero-order chi connectivity index (χ0) is 23.3. The van der Waals surface area contributed by atoms with Crippen LogP contribution in [0.3, 0.4) is 0 Å². The molecule has 0 N–H and O–H groups in total. The predicted octanol–water partition coefficient (Wildman–Crippen LogP) is 6.21. The summed E-state index contributed by atoms with van der Waals surface area (Å²) in [6, 6.07) is 0. The molecule has 1 unspecified atom stereocenters. The Morgan fingerprint density at radius 1 is 0.812 bits per heavy atom. The molecule has 6 heteroatoms. The lowest BCUT2D eigenvalue weighted by Crippen LogP contribution is -2.40. The molecule has 1 aliphatic heterocycles. The van der Waals surface area contributed by atoms with Crippen LogP contribution in [0, 0.1) is 0 Å². The molecule has 0 saturated carbocycles. The van der Waals surface area contributed by atoms with Gasteiger partial charge in [0, 0.05) is 19.3 Å². The average Bonchev–Trinajstić information content (AvgIpc) is 3.15. The summed E-state index contributed by atoms with van der Waals surface area (Å²) in [7, 11) is 1.56. The molecule has 0 amide bonds. The molecule has 0 spiro atoms. The van der Waals surface area contributed by atoms with Crippen molar-refractivity contribution < 1.29 is 23.7 Å². The Bertz CT molecular complexity index is 485. The summed E-state index contributed by atoms with van der Waals surface area (Å²) in [5.41, 5.74) is -0.782. The van der Waals surface area contributed by atoms with E-state index in [1.54, 1.807) is 8.05 Å². The number of rotatable bonds is 22. The maximum Gasteiger partial charge on any atom is 0.306 e. The van der Waals surface area contributed by atoms with Crippen molar-refractivity contribution in [1.82, 2.24) is 0 Å². The summed E-state index contributed by atoms with van der Waals surface area (Å²) in [5.74, 6) is -0.448. The van der Waals surface area contributed by atoms with Gasteiger partial charge in [-0.2, -0.15) is 0 Å². The van der Waals surface area contributed by atoms with E-state index in [-0.39, 0.29) is 25.2 Å². The van der Waals surface area contributed by atoms with Gasteiger partial charge < -0.3 is 14.1 Å². The molecule has 0 aliphatic carbocycles. The molecule has 0 bridgehead atoms. The number of cyclic esters (lactones) is 1. The summed E-state index contributed by atoms with van der Waals surface area (Å²) in [4.78, 5) is 23.4. The zero-order valence-corrected chi connectivity index (χ0v) is 21.1. The van der Waals surface area contributed by atoms with Gasteiger partial charge in [-0.1, -0.05) is 110 Å². The van der Waals surface area contributed by atoms with Crippen LogP contribution in [0.4, 0.5) is 0 Å². The van der Waals surface area contributed by atoms with Gasteiger partial charge in [-0.3, -0.25) is 9.59 Å². The fourth-order valence-electron chi connectivity index (χ4n) is 4.46. The highest BCUT2D eigenvalue weighted by molar-refractivity contribution is 5.98. The SMILES string of the molecule is BOCC1(COC(=O)CCCCCCCCCCCCCCCCCCC)CCC(=O)O1. The normalized spacial score (nSPS) is 18.1. The second-order valence-electron chi connectivity index (χ2n) is 9.66. The van der Waals surface area contributed by atoms with Gasteiger partial charge in [0.1, 0.15) is 6.61 Å². The van der Waals surface area contributed by atoms with Crippen LogP contribution in [0.5, 0.6) is 0 Å². The molecular formula is C26H49BO5. The standard InChI is InChI=1S/C26H49BO5/c1-2-3-4-5-6-7-8-9-10-11-12-13-14-15-16-17-18-19-24(28)30-22-26(23-31-27)21-20-25(29)32-26/h2-23,27H2,1H3. The van der Waals surface area contributed by atoms with E-state index in [4.69, 9.17) is 14.1 Å². The minimum atomic E-state index is -0.782. The van der Waals surface area contributed by atoms with E-state index in [9.17, 15) is 9.59 Å². The number of hydrogen-bond donors (Lipinski definition) is 0. The quantitative estimate of drug-likeness (QED) is 0.111. The number of carbonyl (C=O) groups is 2. The molecular weight excluding hydrogens is 403 g/mol. The van der Waals surface area contributed by atoms with Gasteiger partial charge in [0.2, 0.25) is 0 Å². The Kier molecular flexibility index (Phi) is 17.6. The average molecular weight is 452 g/mol. The van der Waals surface area contributed by atoms with Crippen LogP contribution in [0.1, 0.15) is 135 Å². The third-order valence-electron chi connectivity index (χ3n) is 6.50. The number of unbranched alkanes of at least 4 members (excludes halogenated alkanes) is 16. The number of esters is 2. The Labute approximate surface area is 198 Å². The van der Waals surface area contributed by atoms with Gasteiger partial charge in [0.15, 0.2) is 5.60 Å². The lowest BCUT2D eigenvalue weighted by molar-refractivity contribution is -0.165. The molecule has 32 heavy (non-hydrogen) atoms. The molecule has 1 saturated heterocycles. The summed E-state index contributed by atoms with van der Waals surface area (Å²) >= 11 is 0. The fraction of sp³-hybridized carbons (Fsp3) is 0.923. The molecule has 5 nitrogen and oxygen atoms in total. The maximum atomic E-state index is 12.0. The molecule has 0 aromatic rings. The summed E-state index contributed by atoms with van der Waals surface area (Å²) in [6.07, 6.45) is 23.9. The van der Waals surface area contributed by atoms with Crippen molar-refractivity contribution in [3.05, 3.63) is 0 Å². The first-order chi connectivity index (χ1) is 15.6. The minimum absolute atomic E-state index is 0.102. The fourth-order valence-corrected chi connectivity index (χ4v) is 4.46. The van der Waals surface area contributed by atoms with Crippen LogP contribution in [-0.2, 0) is 23.7 Å². The van der Waals surface area contributed by atoms with Gasteiger partial charge in [-0.05, 0) is 6.42 Å². The van der Waals surface area contributed by atoms with E-state index < -0.39 is 5.60 Å². The zero-order valence-electron chi connectivity index (χ0n) is 21.1. The van der Waals surface area contributed by atoms with E-state index in [1.165, 1.54) is 96.3 Å². The molecule has 0 aromatic carbocycles. The van der Waals surface area contributed by atoms with E-state index >= 15 is 0 Å². The van der Waals surface area contributed by atoms with Crippen molar-refractivity contribution in [2.45, 2.75) is 141 Å². The predicted molar refractivity (Wildman–Crippen MR) is 132 cm³/mol. The first kappa shape index (κ1) is 29.0. The van der Waals surface area contributed by atoms with Gasteiger partial charge in [0.25, 0.3) is 8.05 Å². The van der Waals surface area contributed by atoms with Crippen molar-refractivity contribution in [1.29, 1.82) is 0 Å². The minimum Gasteiger partial charge on any atom is -0.461 e. The Hall–Kier alpha value is -1.04.